The molecule has 7 heteroatoms. The molecule has 1 amide bonds. The molecular weight excluding hydrogens is 360 g/mol. The number of amides is 1. The summed E-state index contributed by atoms with van der Waals surface area (Å²) in [4.78, 5) is 22.1. The summed E-state index contributed by atoms with van der Waals surface area (Å²) in [6.45, 7) is 1.01. The van der Waals surface area contributed by atoms with Crippen LogP contribution in [0.3, 0.4) is 0 Å². The van der Waals surface area contributed by atoms with E-state index in [1.807, 2.05) is 30.3 Å². The van der Waals surface area contributed by atoms with Gasteiger partial charge in [0.2, 0.25) is 11.8 Å². The van der Waals surface area contributed by atoms with Crippen LogP contribution in [0.5, 0.6) is 17.4 Å². The van der Waals surface area contributed by atoms with Gasteiger partial charge in [0, 0.05) is 12.5 Å². The second-order valence-electron chi connectivity index (χ2n) is 5.88. The van der Waals surface area contributed by atoms with Crippen LogP contribution in [0.4, 0.5) is 10.1 Å². The fourth-order valence-corrected chi connectivity index (χ4v) is 2.64. The molecular formula is C21H20FN3O3. The minimum atomic E-state index is -0.591. The molecule has 0 saturated heterocycles. The maximum Gasteiger partial charge on any atom is 0.246 e. The number of ether oxygens (including phenoxy) is 2. The van der Waals surface area contributed by atoms with Crippen molar-refractivity contribution in [3.63, 3.8) is 0 Å². The Morgan fingerprint density at radius 1 is 1.11 bits per heavy atom. The highest BCUT2D eigenvalue weighted by molar-refractivity contribution is 5.92. The van der Waals surface area contributed by atoms with Crippen molar-refractivity contribution in [2.45, 2.75) is 13.5 Å². The highest BCUT2D eigenvalue weighted by Gasteiger charge is 2.20. The van der Waals surface area contributed by atoms with Gasteiger partial charge in [-0.3, -0.25) is 4.79 Å². The molecule has 0 atom stereocenters. The first-order valence-corrected chi connectivity index (χ1v) is 8.76. The molecule has 3 aromatic rings. The zero-order valence-electron chi connectivity index (χ0n) is 15.4. The number of carbonyl (C=O) groups is 1. The van der Waals surface area contributed by atoms with E-state index in [9.17, 15) is 9.18 Å². The van der Waals surface area contributed by atoms with Crippen molar-refractivity contribution in [1.82, 2.24) is 9.97 Å². The fourth-order valence-electron chi connectivity index (χ4n) is 2.64. The van der Waals surface area contributed by atoms with E-state index < -0.39 is 6.67 Å². The summed E-state index contributed by atoms with van der Waals surface area (Å²) in [5.41, 5.74) is 1.17. The molecule has 2 aromatic carbocycles. The molecule has 0 unspecified atom stereocenters. The van der Waals surface area contributed by atoms with Crippen molar-refractivity contribution < 1.29 is 18.7 Å². The Labute approximate surface area is 162 Å². The van der Waals surface area contributed by atoms with Gasteiger partial charge in [-0.15, -0.1) is 0 Å². The number of aromatic nitrogens is 2. The van der Waals surface area contributed by atoms with Gasteiger partial charge in [-0.2, -0.15) is 4.98 Å². The predicted octanol–water partition coefficient (Wildman–Crippen LogP) is 4.17. The number of anilines is 1. The smallest absolute Gasteiger partial charge is 0.246 e. The lowest BCUT2D eigenvalue weighted by molar-refractivity contribution is -0.116. The quantitative estimate of drug-likeness (QED) is 0.587. The Bertz CT molecular complexity index is 922. The largest absolute Gasteiger partial charge is 0.491 e. The Morgan fingerprint density at radius 2 is 1.86 bits per heavy atom. The minimum absolute atomic E-state index is 0.0477. The lowest BCUT2D eigenvalue weighted by Gasteiger charge is -2.23. The maximum absolute atomic E-state index is 12.5. The molecule has 3 rings (SSSR count). The summed E-state index contributed by atoms with van der Waals surface area (Å²) in [7, 11) is 0. The van der Waals surface area contributed by atoms with Crippen molar-refractivity contribution in [1.29, 1.82) is 0 Å². The van der Waals surface area contributed by atoms with Crippen LogP contribution in [0.15, 0.2) is 67.1 Å². The molecule has 0 bridgehead atoms. The van der Waals surface area contributed by atoms with Gasteiger partial charge in [0.05, 0.1) is 12.7 Å². The fraction of sp³-hybridized carbons (Fsp3) is 0.190. The van der Waals surface area contributed by atoms with Crippen LogP contribution < -0.4 is 14.4 Å². The Kier molecular flexibility index (Phi) is 6.51. The van der Waals surface area contributed by atoms with E-state index in [1.54, 1.807) is 24.3 Å². The molecule has 0 saturated carbocycles. The van der Waals surface area contributed by atoms with Gasteiger partial charge in [-0.05, 0) is 18.2 Å². The van der Waals surface area contributed by atoms with E-state index in [4.69, 9.17) is 9.47 Å². The zero-order valence-corrected chi connectivity index (χ0v) is 15.4. The Morgan fingerprint density at radius 3 is 2.61 bits per heavy atom. The van der Waals surface area contributed by atoms with Crippen LogP contribution in [0.25, 0.3) is 0 Å². The minimum Gasteiger partial charge on any atom is -0.491 e. The van der Waals surface area contributed by atoms with E-state index in [0.717, 1.165) is 5.56 Å². The summed E-state index contributed by atoms with van der Waals surface area (Å²) in [5.74, 6) is 1.16. The van der Waals surface area contributed by atoms with E-state index in [0.29, 0.717) is 17.2 Å². The lowest BCUT2D eigenvalue weighted by atomic mass is 10.1. The van der Waals surface area contributed by atoms with E-state index in [1.165, 1.54) is 24.3 Å². The summed E-state index contributed by atoms with van der Waals surface area (Å²) < 4.78 is 23.8. The van der Waals surface area contributed by atoms with Crippen molar-refractivity contribution in [2.24, 2.45) is 0 Å². The van der Waals surface area contributed by atoms with Gasteiger partial charge in [0.25, 0.3) is 0 Å². The highest BCUT2D eigenvalue weighted by atomic mass is 18.2. The van der Waals surface area contributed by atoms with Crippen LogP contribution in [0.2, 0.25) is 0 Å². The highest BCUT2D eigenvalue weighted by Crippen LogP contribution is 2.31. The van der Waals surface area contributed by atoms with Crippen LogP contribution in [0, 0.1) is 0 Å². The van der Waals surface area contributed by atoms with Gasteiger partial charge in [0.1, 0.15) is 36.8 Å². The Hall–Kier alpha value is -3.48. The third-order valence-corrected chi connectivity index (χ3v) is 3.92. The number of nitrogens with zero attached hydrogens (tertiary/aromatic N) is 3. The summed E-state index contributed by atoms with van der Waals surface area (Å²) >= 11 is 0. The van der Waals surface area contributed by atoms with Gasteiger partial charge in [-0.1, -0.05) is 36.4 Å². The van der Waals surface area contributed by atoms with Crippen molar-refractivity contribution in [2.75, 3.05) is 18.2 Å². The molecule has 0 N–H and O–H groups in total. The number of hydrogen-bond donors (Lipinski definition) is 0. The van der Waals surface area contributed by atoms with Gasteiger partial charge in [-0.25, -0.2) is 9.37 Å². The molecule has 0 fully saturated rings. The molecule has 0 aliphatic heterocycles. The number of carbonyl (C=O) groups excluding carboxylic acids is 1. The standard InChI is InChI=1S/C21H20FN3O3/c1-16(26)25(14-17-7-5-6-10-20(17)27-12-11-22)19-13-23-15-24-21(19)28-18-8-3-2-4-9-18/h2-10,13,15H,11-12,14H2,1H3/i22-1. The molecule has 1 heterocycles. The van der Waals surface area contributed by atoms with Crippen LogP contribution in [-0.4, -0.2) is 29.2 Å². The lowest BCUT2D eigenvalue weighted by Crippen LogP contribution is -2.28. The van der Waals surface area contributed by atoms with Crippen molar-refractivity contribution in [3.8, 4) is 17.4 Å². The molecule has 144 valence electrons. The summed E-state index contributed by atoms with van der Waals surface area (Å²) in [6, 6.07) is 16.4. The molecule has 1 aromatic heterocycles. The number of benzene rings is 2. The maximum atomic E-state index is 12.5. The van der Waals surface area contributed by atoms with E-state index >= 15 is 0 Å². The number of halogens is 1. The van der Waals surface area contributed by atoms with Crippen molar-refractivity contribution >= 4 is 11.6 Å². The topological polar surface area (TPSA) is 64.6 Å². The monoisotopic (exact) mass is 380 g/mol. The Balaban J connectivity index is 1.91. The van der Waals surface area contributed by atoms with Crippen molar-refractivity contribution in [3.05, 3.63) is 72.7 Å². The normalized spacial score (nSPS) is 10.4. The molecule has 0 aliphatic rings. The third-order valence-electron chi connectivity index (χ3n) is 3.92. The first kappa shape index (κ1) is 19.3. The average Bonchev–Trinajstić information content (AvgIpc) is 2.72. The molecule has 0 aliphatic carbocycles. The SMILES string of the molecule is CC(=O)N(Cc1ccccc1OCC[18F])c1cncnc1Oc1ccccc1. The van der Waals surface area contributed by atoms with Gasteiger partial charge >= 0.3 is 0 Å². The van der Waals surface area contributed by atoms with E-state index in [-0.39, 0.29) is 24.9 Å². The molecule has 28 heavy (non-hydrogen) atoms. The molecule has 6 nitrogen and oxygen atoms in total. The van der Waals surface area contributed by atoms with Crippen LogP contribution >= 0.6 is 0 Å². The zero-order chi connectivity index (χ0) is 19.8. The number of para-hydroxylation sites is 2. The second-order valence-corrected chi connectivity index (χ2v) is 5.88. The van der Waals surface area contributed by atoms with Crippen LogP contribution in [0.1, 0.15) is 12.5 Å². The van der Waals surface area contributed by atoms with Gasteiger partial charge < -0.3 is 14.4 Å². The summed E-state index contributed by atoms with van der Waals surface area (Å²) in [6.07, 6.45) is 2.89. The van der Waals surface area contributed by atoms with E-state index in [2.05, 4.69) is 9.97 Å². The first-order valence-electron chi connectivity index (χ1n) is 8.76. The number of hydrogen-bond acceptors (Lipinski definition) is 5. The molecule has 0 spiro atoms. The summed E-state index contributed by atoms with van der Waals surface area (Å²) in [5, 5.41) is 0. The molecule has 0 radical (unpaired) electrons. The number of rotatable bonds is 8. The average molecular weight is 380 g/mol. The predicted molar refractivity (Wildman–Crippen MR) is 103 cm³/mol. The second kappa shape index (κ2) is 9.45. The van der Waals surface area contributed by atoms with Crippen LogP contribution in [-0.2, 0) is 11.3 Å². The first-order chi connectivity index (χ1) is 13.7. The van der Waals surface area contributed by atoms with Gasteiger partial charge in [0.15, 0.2) is 0 Å². The third kappa shape index (κ3) is 4.82. The number of alkyl halides is 1.